The molecule has 0 fully saturated rings. The van der Waals surface area contributed by atoms with E-state index in [1.807, 2.05) is 6.07 Å². The van der Waals surface area contributed by atoms with E-state index < -0.39 is 0 Å². The average Bonchev–Trinajstić information content (AvgIpc) is 0.868. The maximum absolute atomic E-state index is 6.61. The Balaban J connectivity index is 0.606. The summed E-state index contributed by atoms with van der Waals surface area (Å²) < 4.78 is 12.9. The molecule has 16 rings (SSSR count). The SMILES string of the molecule is Cc1ccc2c(c1)NC(c1ccc(-c3ccccc3-c3ccccc3-c3ccc(N(c4ccccc4)c4cccc(CCC(C)c5cc(C)c6oc(-c7ccc(-c8ccccc8-c8ccccc8-c8ccc(N(c9ccccc9)c9ccccc9)cc8)cc7)nc6c5)c4)cc3)cc1)O2. The third kappa shape index (κ3) is 12.3. The Morgan fingerprint density at radius 1 is 0.378 bits per heavy atom. The van der Waals surface area contributed by atoms with Gasteiger partial charge in [0, 0.05) is 45.3 Å². The van der Waals surface area contributed by atoms with Crippen LogP contribution < -0.4 is 19.9 Å². The fourth-order valence-corrected chi connectivity index (χ4v) is 14.1. The molecule has 2 unspecified atom stereocenters. The first kappa shape index (κ1) is 60.7. The lowest BCUT2D eigenvalue weighted by Crippen LogP contribution is -2.10. The number of aromatic nitrogens is 1. The Kier molecular flexibility index (Phi) is 16.6. The van der Waals surface area contributed by atoms with Crippen LogP contribution in [0.5, 0.6) is 5.75 Å². The lowest BCUT2D eigenvalue weighted by atomic mass is 9.89. The molecule has 1 aromatic heterocycles. The number of anilines is 7. The van der Waals surface area contributed by atoms with Crippen LogP contribution in [0.15, 0.2) is 344 Å². The van der Waals surface area contributed by atoms with Gasteiger partial charge in [0.05, 0.1) is 5.69 Å². The molecule has 6 nitrogen and oxygen atoms in total. The Morgan fingerprint density at radius 2 is 0.786 bits per heavy atom. The molecule has 0 spiro atoms. The van der Waals surface area contributed by atoms with Crippen LogP contribution in [0.2, 0.25) is 0 Å². The predicted molar refractivity (Wildman–Crippen MR) is 408 cm³/mol. The number of para-hydroxylation sites is 3. The molecule has 1 aliphatic heterocycles. The first-order chi connectivity index (χ1) is 48.3. The van der Waals surface area contributed by atoms with Gasteiger partial charge in [-0.1, -0.05) is 244 Å². The molecule has 0 saturated carbocycles. The molecule has 2 heterocycles. The van der Waals surface area contributed by atoms with Crippen molar-refractivity contribution >= 4 is 50.9 Å². The van der Waals surface area contributed by atoms with E-state index in [-0.39, 0.29) is 12.1 Å². The van der Waals surface area contributed by atoms with Crippen molar-refractivity contribution in [3.8, 4) is 84.0 Å². The summed E-state index contributed by atoms with van der Waals surface area (Å²) in [7, 11) is 0. The smallest absolute Gasteiger partial charge is 0.227 e. The second kappa shape index (κ2) is 26.9. The highest BCUT2D eigenvalue weighted by Gasteiger charge is 2.25. The zero-order valence-electron chi connectivity index (χ0n) is 55.1. The zero-order chi connectivity index (χ0) is 65.9. The first-order valence-electron chi connectivity index (χ1n) is 33.9. The van der Waals surface area contributed by atoms with Crippen LogP contribution in [0.25, 0.3) is 89.3 Å². The van der Waals surface area contributed by atoms with E-state index >= 15 is 0 Å². The second-order valence-electron chi connectivity index (χ2n) is 25.6. The standard InChI is InChI=1S/C92H72N4O2/c1-62-38-57-89-87(58-62)93-91(97-89)70-45-41-66(42-46-70)79-30-13-17-34-83(79)86-37-20-16-33-82(86)69-51-55-77(56-52-69)96(75-27-11-6-12-28-75)78-29-21-22-65(60-78)40-39-63(2)72-59-64(3)90-88(61-72)94-92(98-90)71-47-43-67(44-48-71)80-31-14-18-35-84(80)85-36-19-15-32-81(85)68-49-53-76(54-50-68)95(73-23-7-4-8-24-73)74-25-9-5-10-26-74/h4-38,41-61,63,91,93H,39-40H2,1-3H3. The molecular weight excluding hydrogens is 1190 g/mol. The number of oxazole rings is 1. The maximum Gasteiger partial charge on any atom is 0.227 e. The van der Waals surface area contributed by atoms with E-state index in [9.17, 15) is 0 Å². The topological polar surface area (TPSA) is 53.8 Å². The van der Waals surface area contributed by atoms with Gasteiger partial charge in [-0.2, -0.15) is 0 Å². The van der Waals surface area contributed by atoms with Crippen LogP contribution in [0.3, 0.4) is 0 Å². The van der Waals surface area contributed by atoms with Crippen molar-refractivity contribution in [1.29, 1.82) is 0 Å². The molecule has 98 heavy (non-hydrogen) atoms. The average molecular weight is 1270 g/mol. The Hall–Kier alpha value is -12.3. The summed E-state index contributed by atoms with van der Waals surface area (Å²) in [6, 6.07) is 122. The van der Waals surface area contributed by atoms with Crippen LogP contribution in [-0.4, -0.2) is 4.98 Å². The van der Waals surface area contributed by atoms with Gasteiger partial charge in [0.25, 0.3) is 0 Å². The van der Waals surface area contributed by atoms with Crippen molar-refractivity contribution in [2.45, 2.75) is 45.8 Å². The molecule has 1 aliphatic rings. The van der Waals surface area contributed by atoms with Gasteiger partial charge in [0.15, 0.2) is 11.8 Å². The quantitative estimate of drug-likeness (QED) is 0.0924. The Morgan fingerprint density at radius 3 is 1.28 bits per heavy atom. The zero-order valence-corrected chi connectivity index (χ0v) is 55.1. The van der Waals surface area contributed by atoms with Gasteiger partial charge in [-0.15, -0.1) is 0 Å². The number of hydrogen-bond acceptors (Lipinski definition) is 6. The summed E-state index contributed by atoms with van der Waals surface area (Å²) in [4.78, 5) is 9.82. The lowest BCUT2D eigenvalue weighted by molar-refractivity contribution is 0.260. The van der Waals surface area contributed by atoms with Crippen LogP contribution in [0.1, 0.15) is 53.3 Å². The highest BCUT2D eigenvalue weighted by atomic mass is 16.5. The van der Waals surface area contributed by atoms with Gasteiger partial charge in [0.2, 0.25) is 5.89 Å². The number of ether oxygens (including phenoxy) is 1. The van der Waals surface area contributed by atoms with E-state index in [2.05, 4.69) is 370 Å². The summed E-state index contributed by atoms with van der Waals surface area (Å²) in [6.07, 6.45) is 1.66. The highest BCUT2D eigenvalue weighted by Crippen LogP contribution is 2.45. The van der Waals surface area contributed by atoms with Gasteiger partial charge in [-0.05, 0) is 225 Å². The molecule has 14 aromatic carbocycles. The molecule has 0 radical (unpaired) electrons. The number of fused-ring (bicyclic) bond motifs is 2. The molecule has 1 N–H and O–H groups in total. The molecular formula is C92H72N4O2. The van der Waals surface area contributed by atoms with Crippen LogP contribution in [0.4, 0.5) is 39.8 Å². The van der Waals surface area contributed by atoms with Gasteiger partial charge < -0.3 is 24.3 Å². The third-order valence-electron chi connectivity index (χ3n) is 19.1. The molecule has 0 aliphatic carbocycles. The number of benzene rings is 14. The fourth-order valence-electron chi connectivity index (χ4n) is 14.1. The number of nitrogens with one attached hydrogen (secondary N) is 1. The van der Waals surface area contributed by atoms with Crippen molar-refractivity contribution in [1.82, 2.24) is 4.98 Å². The van der Waals surface area contributed by atoms with Gasteiger partial charge in [-0.25, -0.2) is 4.98 Å². The Bertz CT molecular complexity index is 5260. The maximum atomic E-state index is 6.61. The van der Waals surface area contributed by atoms with E-state index in [4.69, 9.17) is 14.1 Å². The molecule has 0 bridgehead atoms. The van der Waals surface area contributed by atoms with Crippen molar-refractivity contribution in [3.05, 3.63) is 368 Å². The van der Waals surface area contributed by atoms with Crippen LogP contribution >= 0.6 is 0 Å². The molecule has 0 amide bonds. The van der Waals surface area contributed by atoms with Crippen molar-refractivity contribution in [2.75, 3.05) is 15.1 Å². The number of aryl methyl sites for hydroxylation is 3. The minimum absolute atomic E-state index is 0.228. The second-order valence-corrected chi connectivity index (χ2v) is 25.6. The number of hydrogen-bond donors (Lipinski definition) is 1. The van der Waals surface area contributed by atoms with E-state index in [0.29, 0.717) is 5.89 Å². The lowest BCUT2D eigenvalue weighted by Gasteiger charge is -2.26. The van der Waals surface area contributed by atoms with Gasteiger partial charge in [-0.3, -0.25) is 0 Å². The monoisotopic (exact) mass is 1260 g/mol. The van der Waals surface area contributed by atoms with E-state index in [1.165, 1.54) is 55.6 Å². The normalized spacial score (nSPS) is 12.7. The minimum Gasteiger partial charge on any atom is -0.464 e. The summed E-state index contributed by atoms with van der Waals surface area (Å²) in [5.74, 6) is 1.78. The molecule has 2 atom stereocenters. The fraction of sp³-hybridized carbons (Fsp3) is 0.0761. The van der Waals surface area contributed by atoms with Crippen molar-refractivity contribution in [2.24, 2.45) is 0 Å². The van der Waals surface area contributed by atoms with E-state index in [1.54, 1.807) is 0 Å². The molecule has 6 heteroatoms. The molecule has 15 aromatic rings. The molecule has 0 saturated heterocycles. The van der Waals surface area contributed by atoms with Gasteiger partial charge in [0.1, 0.15) is 11.3 Å². The molecule has 472 valence electrons. The van der Waals surface area contributed by atoms with Crippen LogP contribution in [0, 0.1) is 13.8 Å². The summed E-state index contributed by atoms with van der Waals surface area (Å²) in [5.41, 5.74) is 30.2. The summed E-state index contributed by atoms with van der Waals surface area (Å²) in [5, 5.41) is 3.55. The minimum atomic E-state index is -0.228. The van der Waals surface area contributed by atoms with Crippen LogP contribution in [-0.2, 0) is 6.42 Å². The van der Waals surface area contributed by atoms with Gasteiger partial charge >= 0.3 is 0 Å². The Labute approximate surface area is 574 Å². The summed E-state index contributed by atoms with van der Waals surface area (Å²) >= 11 is 0. The largest absolute Gasteiger partial charge is 0.464 e. The summed E-state index contributed by atoms with van der Waals surface area (Å²) in [6.45, 7) is 6.58. The third-order valence-corrected chi connectivity index (χ3v) is 19.1. The number of rotatable bonds is 18. The predicted octanol–water partition coefficient (Wildman–Crippen LogP) is 25.3. The van der Waals surface area contributed by atoms with Crippen molar-refractivity contribution in [3.63, 3.8) is 0 Å². The number of nitrogens with zero attached hydrogens (tertiary/aromatic N) is 3. The van der Waals surface area contributed by atoms with Crippen molar-refractivity contribution < 1.29 is 9.15 Å². The first-order valence-corrected chi connectivity index (χ1v) is 33.9. The van der Waals surface area contributed by atoms with E-state index in [0.717, 1.165) is 114 Å². The highest BCUT2D eigenvalue weighted by molar-refractivity contribution is 5.94.